The van der Waals surface area contributed by atoms with Crippen molar-refractivity contribution in [1.82, 2.24) is 24.5 Å². The fourth-order valence-corrected chi connectivity index (χ4v) is 7.95. The molecule has 0 saturated carbocycles. The lowest BCUT2D eigenvalue weighted by Gasteiger charge is -2.21. The number of alkyl halides is 3. The maximum Gasteiger partial charge on any atom is 0.416 e. The van der Waals surface area contributed by atoms with Gasteiger partial charge in [0.15, 0.2) is 11.6 Å². The standard InChI is InChI=1S/C53H30F3N7/c54-53(55,56)39-27-42(47-30-46(37-17-9-3-10-18-37)59-51(62-47)38-19-11-4-12-20-38)50(63-48-23-21-33(31-57)25-40(48)41-26-34(32-58)22-24-49(41)63)43(28-39)52-60-44(35-13-5-1-6-14-35)29-45(61-52)36-15-7-2-8-16-36/h1-30H. The van der Waals surface area contributed by atoms with Crippen LogP contribution in [0.4, 0.5) is 13.2 Å². The molecule has 0 spiro atoms. The Hall–Kier alpha value is -8.73. The Balaban J connectivity index is 1.40. The third kappa shape index (κ3) is 7.22. The summed E-state index contributed by atoms with van der Waals surface area (Å²) in [5.74, 6) is 0.348. The largest absolute Gasteiger partial charge is 0.416 e. The third-order valence-corrected chi connectivity index (χ3v) is 10.9. The van der Waals surface area contributed by atoms with E-state index in [9.17, 15) is 10.5 Å². The Morgan fingerprint density at radius 3 is 1.25 bits per heavy atom. The average molecular weight is 822 g/mol. The van der Waals surface area contributed by atoms with E-state index in [0.29, 0.717) is 67.1 Å². The lowest BCUT2D eigenvalue weighted by atomic mass is 9.96. The highest BCUT2D eigenvalue weighted by atomic mass is 19.4. The van der Waals surface area contributed by atoms with E-state index >= 15 is 13.2 Å². The minimum Gasteiger partial charge on any atom is -0.308 e. The van der Waals surface area contributed by atoms with Crippen LogP contribution < -0.4 is 0 Å². The number of rotatable bonds is 7. The van der Waals surface area contributed by atoms with Crippen molar-refractivity contribution in [3.63, 3.8) is 0 Å². The molecule has 10 heteroatoms. The molecule has 3 heterocycles. The SMILES string of the molecule is N#Cc1ccc2c(c1)c1cc(C#N)ccc1n2-c1c(-c2cc(-c3ccccc3)nc(-c3ccccc3)n2)cc(C(F)(F)F)cc1-c1nc(-c2ccccc2)cc(-c2ccccc2)n1. The van der Waals surface area contributed by atoms with Crippen molar-refractivity contribution in [3.05, 3.63) is 199 Å². The maximum atomic E-state index is 15.6. The van der Waals surface area contributed by atoms with E-state index in [1.54, 1.807) is 42.5 Å². The van der Waals surface area contributed by atoms with Gasteiger partial charge in [0.2, 0.25) is 0 Å². The van der Waals surface area contributed by atoms with E-state index in [0.717, 1.165) is 28.8 Å². The molecule has 7 aromatic carbocycles. The number of nitrogens with zero attached hydrogens (tertiary/aromatic N) is 7. The molecule has 10 rings (SSSR count). The highest BCUT2D eigenvalue weighted by molar-refractivity contribution is 6.11. The first-order valence-electron chi connectivity index (χ1n) is 19.9. The molecule has 0 unspecified atom stereocenters. The molecule has 0 bridgehead atoms. The van der Waals surface area contributed by atoms with Crippen LogP contribution in [0.3, 0.4) is 0 Å². The predicted octanol–water partition coefficient (Wildman–Crippen LogP) is 13.1. The molecule has 7 nitrogen and oxygen atoms in total. The second-order valence-corrected chi connectivity index (χ2v) is 14.8. The number of hydrogen-bond donors (Lipinski definition) is 0. The first-order chi connectivity index (χ1) is 30.7. The number of hydrogen-bond acceptors (Lipinski definition) is 6. The van der Waals surface area contributed by atoms with Crippen LogP contribution in [0, 0.1) is 22.7 Å². The Labute approximate surface area is 359 Å². The molecule has 0 radical (unpaired) electrons. The molecule has 0 atom stereocenters. The smallest absolute Gasteiger partial charge is 0.308 e. The van der Waals surface area contributed by atoms with Gasteiger partial charge in [-0.1, -0.05) is 121 Å². The summed E-state index contributed by atoms with van der Waals surface area (Å²) >= 11 is 0. The summed E-state index contributed by atoms with van der Waals surface area (Å²) in [7, 11) is 0. The second kappa shape index (κ2) is 15.7. The first kappa shape index (κ1) is 38.5. The van der Waals surface area contributed by atoms with Gasteiger partial charge in [-0.2, -0.15) is 23.7 Å². The molecular formula is C53H30F3N7. The van der Waals surface area contributed by atoms with Crippen molar-refractivity contribution in [1.29, 1.82) is 10.5 Å². The zero-order valence-electron chi connectivity index (χ0n) is 33.1. The van der Waals surface area contributed by atoms with Crippen molar-refractivity contribution in [2.24, 2.45) is 0 Å². The van der Waals surface area contributed by atoms with Gasteiger partial charge in [-0.3, -0.25) is 0 Å². The van der Waals surface area contributed by atoms with Crippen LogP contribution >= 0.6 is 0 Å². The van der Waals surface area contributed by atoms with Gasteiger partial charge in [-0.05, 0) is 60.7 Å². The topological polar surface area (TPSA) is 104 Å². The molecule has 63 heavy (non-hydrogen) atoms. The van der Waals surface area contributed by atoms with Crippen LogP contribution in [0.2, 0.25) is 0 Å². The predicted molar refractivity (Wildman–Crippen MR) is 239 cm³/mol. The van der Waals surface area contributed by atoms with Gasteiger partial charge >= 0.3 is 6.18 Å². The molecule has 3 aromatic heterocycles. The van der Waals surface area contributed by atoms with E-state index in [2.05, 4.69) is 12.1 Å². The summed E-state index contributed by atoms with van der Waals surface area (Å²) in [6, 6.07) is 58.0. The Kier molecular flexibility index (Phi) is 9.59. The van der Waals surface area contributed by atoms with Gasteiger partial charge in [0.1, 0.15) is 0 Å². The van der Waals surface area contributed by atoms with Gasteiger partial charge in [-0.25, -0.2) is 19.9 Å². The zero-order chi connectivity index (χ0) is 43.1. The summed E-state index contributed by atoms with van der Waals surface area (Å²) in [5, 5.41) is 21.3. The molecule has 0 saturated heterocycles. The van der Waals surface area contributed by atoms with Crippen LogP contribution in [0.15, 0.2) is 182 Å². The molecule has 0 aliphatic carbocycles. The van der Waals surface area contributed by atoms with Gasteiger partial charge in [0.25, 0.3) is 0 Å². The fraction of sp³-hybridized carbons (Fsp3) is 0.0189. The van der Waals surface area contributed by atoms with E-state index < -0.39 is 11.7 Å². The van der Waals surface area contributed by atoms with E-state index in [1.165, 1.54) is 0 Å². The Bertz CT molecular complexity index is 3110. The molecule has 0 fully saturated rings. The van der Waals surface area contributed by atoms with E-state index in [-0.39, 0.29) is 22.6 Å². The zero-order valence-corrected chi connectivity index (χ0v) is 33.1. The molecule has 0 N–H and O–H groups in total. The van der Waals surface area contributed by atoms with Crippen molar-refractivity contribution < 1.29 is 13.2 Å². The highest BCUT2D eigenvalue weighted by Gasteiger charge is 2.35. The minimum atomic E-state index is -4.82. The van der Waals surface area contributed by atoms with E-state index in [4.69, 9.17) is 19.9 Å². The number of aromatic nitrogens is 5. The van der Waals surface area contributed by atoms with Crippen LogP contribution in [0.25, 0.3) is 95.3 Å². The van der Waals surface area contributed by atoms with E-state index in [1.807, 2.05) is 132 Å². The highest BCUT2D eigenvalue weighted by Crippen LogP contribution is 2.45. The van der Waals surface area contributed by atoms with Gasteiger partial charge < -0.3 is 4.57 Å². The van der Waals surface area contributed by atoms with Crippen LogP contribution in [0.5, 0.6) is 0 Å². The van der Waals surface area contributed by atoms with Crippen molar-refractivity contribution in [3.8, 4) is 85.6 Å². The van der Waals surface area contributed by atoms with Crippen LogP contribution in [-0.2, 0) is 6.18 Å². The summed E-state index contributed by atoms with van der Waals surface area (Å²) in [6.07, 6.45) is -4.82. The number of nitriles is 2. The third-order valence-electron chi connectivity index (χ3n) is 10.9. The first-order valence-corrected chi connectivity index (χ1v) is 19.9. The van der Waals surface area contributed by atoms with Crippen molar-refractivity contribution in [2.75, 3.05) is 0 Å². The van der Waals surface area contributed by atoms with Gasteiger partial charge in [-0.15, -0.1) is 0 Å². The van der Waals surface area contributed by atoms with Gasteiger partial charge in [0, 0.05) is 44.2 Å². The lowest BCUT2D eigenvalue weighted by molar-refractivity contribution is -0.137. The number of benzene rings is 7. The van der Waals surface area contributed by atoms with Crippen molar-refractivity contribution in [2.45, 2.75) is 6.18 Å². The Morgan fingerprint density at radius 2 is 0.810 bits per heavy atom. The molecule has 0 amide bonds. The summed E-state index contributed by atoms with van der Waals surface area (Å²) in [6.45, 7) is 0. The number of halogens is 3. The molecule has 10 aromatic rings. The maximum absolute atomic E-state index is 15.6. The summed E-state index contributed by atoms with van der Waals surface area (Å²) in [5.41, 5.74) is 6.07. The molecule has 0 aliphatic rings. The summed E-state index contributed by atoms with van der Waals surface area (Å²) in [4.78, 5) is 20.1. The number of fused-ring (bicyclic) bond motifs is 3. The lowest BCUT2D eigenvalue weighted by Crippen LogP contribution is -2.11. The second-order valence-electron chi connectivity index (χ2n) is 14.8. The van der Waals surface area contributed by atoms with Crippen molar-refractivity contribution >= 4 is 21.8 Å². The monoisotopic (exact) mass is 821 g/mol. The van der Waals surface area contributed by atoms with Gasteiger partial charge in [0.05, 0.1) is 68.3 Å². The average Bonchev–Trinajstić information content (AvgIpc) is 3.66. The normalized spacial score (nSPS) is 11.4. The summed E-state index contributed by atoms with van der Waals surface area (Å²) < 4.78 is 48.6. The molecule has 298 valence electrons. The quantitative estimate of drug-likeness (QED) is 0.159. The van der Waals surface area contributed by atoms with Crippen LogP contribution in [0.1, 0.15) is 16.7 Å². The fourth-order valence-electron chi connectivity index (χ4n) is 7.95. The Morgan fingerprint density at radius 1 is 0.413 bits per heavy atom. The molecule has 0 aliphatic heterocycles. The molecular weight excluding hydrogens is 792 g/mol. The van der Waals surface area contributed by atoms with Crippen LogP contribution in [-0.4, -0.2) is 24.5 Å². The minimum absolute atomic E-state index is 0.0375.